The van der Waals surface area contributed by atoms with Crippen molar-refractivity contribution in [2.24, 2.45) is 0 Å². The molecule has 0 saturated carbocycles. The lowest BCUT2D eigenvalue weighted by Gasteiger charge is -2.16. The molecule has 0 saturated heterocycles. The molecule has 1 aromatic heterocycles. The van der Waals surface area contributed by atoms with Gasteiger partial charge in [0.1, 0.15) is 11.3 Å². The first-order valence-electron chi connectivity index (χ1n) is 6.32. The minimum atomic E-state index is -0.327. The third-order valence-electron chi connectivity index (χ3n) is 3.50. The quantitative estimate of drug-likeness (QED) is 0.588. The zero-order chi connectivity index (χ0) is 15.1. The van der Waals surface area contributed by atoms with Crippen molar-refractivity contribution in [2.45, 2.75) is 13.0 Å². The van der Waals surface area contributed by atoms with Crippen LogP contribution in [0, 0.1) is 10.6 Å². The summed E-state index contributed by atoms with van der Waals surface area (Å²) >= 11 is 17.5. The van der Waals surface area contributed by atoms with E-state index in [4.69, 9.17) is 35.4 Å². The highest BCUT2D eigenvalue weighted by atomic mass is 35.5. The number of H-pyrrole nitrogens is 1. The van der Waals surface area contributed by atoms with Crippen LogP contribution in [0.25, 0.3) is 11.0 Å². The van der Waals surface area contributed by atoms with Crippen LogP contribution in [0.1, 0.15) is 18.5 Å². The van der Waals surface area contributed by atoms with Crippen molar-refractivity contribution < 1.29 is 4.39 Å². The molecule has 0 aliphatic carbocycles. The highest BCUT2D eigenvalue weighted by molar-refractivity contribution is 7.71. The molecule has 1 unspecified atom stereocenters. The van der Waals surface area contributed by atoms with Gasteiger partial charge in [-0.15, -0.1) is 0 Å². The minimum absolute atomic E-state index is 0.141. The molecule has 3 rings (SSSR count). The number of rotatable bonds is 2. The Morgan fingerprint density at radius 2 is 2.00 bits per heavy atom. The maximum atomic E-state index is 13.8. The summed E-state index contributed by atoms with van der Waals surface area (Å²) in [7, 11) is 0. The van der Waals surface area contributed by atoms with Crippen LogP contribution in [-0.2, 0) is 0 Å². The summed E-state index contributed by atoms with van der Waals surface area (Å²) in [6.07, 6.45) is 0. The van der Waals surface area contributed by atoms with Crippen molar-refractivity contribution in [1.82, 2.24) is 9.55 Å². The Bertz CT molecular complexity index is 885. The van der Waals surface area contributed by atoms with Crippen LogP contribution in [-0.4, -0.2) is 9.55 Å². The van der Waals surface area contributed by atoms with Crippen molar-refractivity contribution in [3.63, 3.8) is 0 Å². The molecule has 21 heavy (non-hydrogen) atoms. The maximum Gasteiger partial charge on any atom is 0.178 e. The molecule has 0 aliphatic rings. The summed E-state index contributed by atoms with van der Waals surface area (Å²) < 4.78 is 16.1. The number of aromatic amines is 1. The molecule has 0 amide bonds. The number of hydrogen-bond acceptors (Lipinski definition) is 1. The van der Waals surface area contributed by atoms with E-state index in [1.165, 1.54) is 6.07 Å². The summed E-state index contributed by atoms with van der Waals surface area (Å²) in [5, 5.41) is 1.13. The molecule has 2 aromatic carbocycles. The lowest BCUT2D eigenvalue weighted by atomic mass is 10.1. The maximum absolute atomic E-state index is 13.8. The standard InChI is InChI=1S/C15H11Cl2FN2S/c1-8(10-6-5-9(16)7-11(10)17)20-13-4-2-3-12(18)14(13)19-15(20)21/h2-8H,1H3,(H,19,21). The van der Waals surface area contributed by atoms with E-state index in [2.05, 4.69) is 4.98 Å². The Labute approximate surface area is 136 Å². The van der Waals surface area contributed by atoms with Gasteiger partial charge < -0.3 is 9.55 Å². The van der Waals surface area contributed by atoms with E-state index >= 15 is 0 Å². The van der Waals surface area contributed by atoms with Crippen LogP contribution in [0.15, 0.2) is 36.4 Å². The molecular weight excluding hydrogens is 330 g/mol. The fraction of sp³-hybridized carbons (Fsp3) is 0.133. The lowest BCUT2D eigenvalue weighted by Crippen LogP contribution is -2.07. The van der Waals surface area contributed by atoms with Gasteiger partial charge in [0.15, 0.2) is 4.77 Å². The van der Waals surface area contributed by atoms with Crippen LogP contribution in [0.4, 0.5) is 4.39 Å². The summed E-state index contributed by atoms with van der Waals surface area (Å²) in [5.74, 6) is -0.327. The molecule has 1 N–H and O–H groups in total. The number of benzene rings is 2. The minimum Gasteiger partial charge on any atom is -0.328 e. The average Bonchev–Trinajstić information content (AvgIpc) is 2.76. The molecule has 0 spiro atoms. The molecule has 1 atom stereocenters. The third kappa shape index (κ3) is 2.48. The molecule has 0 bridgehead atoms. The van der Waals surface area contributed by atoms with Gasteiger partial charge in [-0.25, -0.2) is 4.39 Å². The van der Waals surface area contributed by atoms with Gasteiger partial charge in [-0.2, -0.15) is 0 Å². The number of nitrogens with one attached hydrogen (secondary N) is 1. The van der Waals surface area contributed by atoms with E-state index in [-0.39, 0.29) is 11.9 Å². The first kappa shape index (κ1) is 14.6. The molecule has 3 aromatic rings. The van der Waals surface area contributed by atoms with Crippen molar-refractivity contribution in [3.8, 4) is 0 Å². The van der Waals surface area contributed by atoms with E-state index in [1.54, 1.807) is 18.2 Å². The van der Waals surface area contributed by atoms with Gasteiger partial charge >= 0.3 is 0 Å². The normalized spacial score (nSPS) is 12.8. The van der Waals surface area contributed by atoms with Gasteiger partial charge in [0, 0.05) is 10.0 Å². The van der Waals surface area contributed by atoms with Crippen LogP contribution in [0.5, 0.6) is 0 Å². The molecule has 1 heterocycles. The van der Waals surface area contributed by atoms with Crippen LogP contribution in [0.2, 0.25) is 10.0 Å². The fourth-order valence-corrected chi connectivity index (χ4v) is 3.40. The highest BCUT2D eigenvalue weighted by Crippen LogP contribution is 2.31. The van der Waals surface area contributed by atoms with E-state index in [9.17, 15) is 4.39 Å². The smallest absolute Gasteiger partial charge is 0.178 e. The first-order chi connectivity index (χ1) is 9.99. The first-order valence-corrected chi connectivity index (χ1v) is 7.49. The number of hydrogen-bond donors (Lipinski definition) is 1. The zero-order valence-electron chi connectivity index (χ0n) is 11.0. The topological polar surface area (TPSA) is 20.7 Å². The zero-order valence-corrected chi connectivity index (χ0v) is 13.4. The largest absolute Gasteiger partial charge is 0.328 e. The second-order valence-electron chi connectivity index (χ2n) is 4.78. The van der Waals surface area contributed by atoms with E-state index in [1.807, 2.05) is 23.6 Å². The second kappa shape index (κ2) is 5.44. The van der Waals surface area contributed by atoms with Gasteiger partial charge in [0.25, 0.3) is 0 Å². The van der Waals surface area contributed by atoms with Crippen LogP contribution >= 0.6 is 35.4 Å². The Kier molecular flexibility index (Phi) is 3.78. The van der Waals surface area contributed by atoms with Crippen molar-refractivity contribution in [1.29, 1.82) is 0 Å². The molecule has 2 nitrogen and oxygen atoms in total. The monoisotopic (exact) mass is 340 g/mol. The van der Waals surface area contributed by atoms with Gasteiger partial charge in [-0.1, -0.05) is 35.3 Å². The number of nitrogens with zero attached hydrogens (tertiary/aromatic N) is 1. The van der Waals surface area contributed by atoms with Crippen molar-refractivity contribution in [2.75, 3.05) is 0 Å². The lowest BCUT2D eigenvalue weighted by molar-refractivity contribution is 0.636. The summed E-state index contributed by atoms with van der Waals surface area (Å²) in [6, 6.07) is 10.1. The Morgan fingerprint density at radius 1 is 1.24 bits per heavy atom. The predicted molar refractivity (Wildman–Crippen MR) is 87.4 cm³/mol. The molecular formula is C15H11Cl2FN2S. The number of para-hydroxylation sites is 1. The number of halogens is 3. The highest BCUT2D eigenvalue weighted by Gasteiger charge is 2.17. The molecule has 0 radical (unpaired) electrons. The van der Waals surface area contributed by atoms with E-state index < -0.39 is 0 Å². The predicted octanol–water partition coefficient (Wildman–Crippen LogP) is 5.75. The van der Waals surface area contributed by atoms with E-state index in [0.29, 0.717) is 25.8 Å². The fourth-order valence-electron chi connectivity index (χ4n) is 2.48. The Morgan fingerprint density at radius 3 is 2.71 bits per heavy atom. The summed E-state index contributed by atoms with van der Waals surface area (Å²) in [5.41, 5.74) is 1.99. The SMILES string of the molecule is CC(c1ccc(Cl)cc1Cl)n1c(=S)[nH]c2c(F)cccc21. The Balaban J connectivity index is 2.22. The second-order valence-corrected chi connectivity index (χ2v) is 6.01. The molecule has 0 aliphatic heterocycles. The number of aromatic nitrogens is 2. The van der Waals surface area contributed by atoms with E-state index in [0.717, 1.165) is 5.56 Å². The Hall–Kier alpha value is -1.36. The van der Waals surface area contributed by atoms with Gasteiger partial charge in [-0.3, -0.25) is 0 Å². The third-order valence-corrected chi connectivity index (χ3v) is 4.36. The molecule has 6 heteroatoms. The van der Waals surface area contributed by atoms with Gasteiger partial charge in [0.2, 0.25) is 0 Å². The van der Waals surface area contributed by atoms with Crippen molar-refractivity contribution >= 4 is 46.5 Å². The van der Waals surface area contributed by atoms with Gasteiger partial charge in [-0.05, 0) is 49.0 Å². The molecule has 108 valence electrons. The summed E-state index contributed by atoms with van der Waals surface area (Å²) in [4.78, 5) is 2.91. The van der Waals surface area contributed by atoms with Crippen LogP contribution < -0.4 is 0 Å². The number of fused-ring (bicyclic) bond motifs is 1. The average molecular weight is 341 g/mol. The molecule has 0 fully saturated rings. The summed E-state index contributed by atoms with van der Waals surface area (Å²) in [6.45, 7) is 1.96. The number of imidazole rings is 1. The van der Waals surface area contributed by atoms with Gasteiger partial charge in [0.05, 0.1) is 11.6 Å². The van der Waals surface area contributed by atoms with Crippen LogP contribution in [0.3, 0.4) is 0 Å². The van der Waals surface area contributed by atoms with Crippen molar-refractivity contribution in [3.05, 3.63) is 62.6 Å².